The summed E-state index contributed by atoms with van der Waals surface area (Å²) < 4.78 is 5.66. The fourth-order valence-electron chi connectivity index (χ4n) is 2.83. The Morgan fingerprint density at radius 1 is 1.40 bits per heavy atom. The van der Waals surface area contributed by atoms with Crippen molar-refractivity contribution in [2.45, 2.75) is 52.0 Å². The van der Waals surface area contributed by atoms with Gasteiger partial charge in [-0.2, -0.15) is 0 Å². The highest BCUT2D eigenvalue weighted by Crippen LogP contribution is 2.20. The van der Waals surface area contributed by atoms with Gasteiger partial charge in [-0.05, 0) is 49.8 Å². The normalized spacial score (nSPS) is 20.8. The number of pyridine rings is 1. The molecule has 1 N–H and O–H groups in total. The summed E-state index contributed by atoms with van der Waals surface area (Å²) in [6, 6.07) is 4.88. The van der Waals surface area contributed by atoms with E-state index in [1.807, 2.05) is 6.20 Å². The molecule has 1 aliphatic rings. The predicted molar refractivity (Wildman–Crippen MR) is 82.9 cm³/mol. The van der Waals surface area contributed by atoms with Crippen LogP contribution in [0.2, 0.25) is 0 Å². The molecule has 0 saturated carbocycles. The van der Waals surface area contributed by atoms with Crippen LogP contribution in [0.4, 0.5) is 0 Å². The van der Waals surface area contributed by atoms with Crippen LogP contribution in [0.1, 0.15) is 44.4 Å². The van der Waals surface area contributed by atoms with Gasteiger partial charge in [0.2, 0.25) is 0 Å². The molecule has 2 unspecified atom stereocenters. The van der Waals surface area contributed by atoms with E-state index in [0.717, 1.165) is 32.6 Å². The van der Waals surface area contributed by atoms with Crippen LogP contribution in [0.15, 0.2) is 18.3 Å². The summed E-state index contributed by atoms with van der Waals surface area (Å²) in [5.74, 6) is 0.628. The smallest absolute Gasteiger partial charge is 0.0509 e. The zero-order chi connectivity index (χ0) is 14.2. The molecule has 2 heterocycles. The van der Waals surface area contributed by atoms with Gasteiger partial charge in [-0.15, -0.1) is 0 Å². The van der Waals surface area contributed by atoms with Crippen molar-refractivity contribution in [3.05, 3.63) is 29.6 Å². The van der Waals surface area contributed by atoms with Gasteiger partial charge in [0, 0.05) is 31.0 Å². The second-order valence-corrected chi connectivity index (χ2v) is 5.75. The van der Waals surface area contributed by atoms with Crippen LogP contribution in [0.3, 0.4) is 0 Å². The molecule has 1 fully saturated rings. The number of nitrogens with zero attached hydrogens (tertiary/aromatic N) is 1. The molecule has 3 nitrogen and oxygen atoms in total. The molecule has 1 aromatic rings. The number of nitrogens with one attached hydrogen (secondary N) is 1. The zero-order valence-electron chi connectivity index (χ0n) is 12.9. The summed E-state index contributed by atoms with van der Waals surface area (Å²) in [6.07, 6.45) is 7.72. The molecule has 0 radical (unpaired) electrons. The topological polar surface area (TPSA) is 34.2 Å². The molecular formula is C17H28N2O. The van der Waals surface area contributed by atoms with Crippen molar-refractivity contribution in [2.75, 3.05) is 19.8 Å². The molecule has 112 valence electrons. The monoisotopic (exact) mass is 276 g/mol. The maximum Gasteiger partial charge on any atom is 0.0509 e. The fraction of sp³-hybridized carbons (Fsp3) is 0.706. The Morgan fingerprint density at radius 3 is 2.90 bits per heavy atom. The second-order valence-electron chi connectivity index (χ2n) is 5.75. The lowest BCUT2D eigenvalue weighted by molar-refractivity contribution is 0.0392. The van der Waals surface area contributed by atoms with Gasteiger partial charge in [-0.25, -0.2) is 0 Å². The van der Waals surface area contributed by atoms with E-state index in [4.69, 9.17) is 4.74 Å². The molecular weight excluding hydrogens is 248 g/mol. The molecule has 2 rings (SSSR count). The minimum atomic E-state index is 0.496. The van der Waals surface area contributed by atoms with Crippen molar-refractivity contribution in [1.82, 2.24) is 10.3 Å². The Morgan fingerprint density at radius 2 is 2.30 bits per heavy atom. The standard InChI is InChI=1S/C17H28N2O/c1-3-9-18-17(15-6-5-10-20-13-15)11-16-8-7-14(4-2)12-19-16/h7-8,12,15,17-18H,3-6,9-11,13H2,1-2H3. The quantitative estimate of drug-likeness (QED) is 0.831. The van der Waals surface area contributed by atoms with Crippen LogP contribution < -0.4 is 5.32 Å². The number of aryl methyl sites for hydroxylation is 1. The number of rotatable bonds is 7. The molecule has 0 amide bonds. The van der Waals surface area contributed by atoms with Gasteiger partial charge in [0.25, 0.3) is 0 Å². The predicted octanol–water partition coefficient (Wildman–Crippen LogP) is 2.98. The van der Waals surface area contributed by atoms with Crippen molar-refractivity contribution in [1.29, 1.82) is 0 Å². The van der Waals surface area contributed by atoms with Crippen LogP contribution in [0.25, 0.3) is 0 Å². The molecule has 0 spiro atoms. The summed E-state index contributed by atoms with van der Waals surface area (Å²) >= 11 is 0. The van der Waals surface area contributed by atoms with E-state index in [0.29, 0.717) is 12.0 Å². The molecule has 3 heteroatoms. The second kappa shape index (κ2) is 8.38. The first-order valence-electron chi connectivity index (χ1n) is 8.08. The highest BCUT2D eigenvalue weighted by atomic mass is 16.5. The number of ether oxygens (including phenoxy) is 1. The summed E-state index contributed by atoms with van der Waals surface area (Å²) in [4.78, 5) is 4.61. The number of hydrogen-bond acceptors (Lipinski definition) is 3. The van der Waals surface area contributed by atoms with E-state index in [2.05, 4.69) is 36.3 Å². The van der Waals surface area contributed by atoms with Gasteiger partial charge in [-0.3, -0.25) is 4.98 Å². The minimum Gasteiger partial charge on any atom is -0.381 e. The Hall–Kier alpha value is -0.930. The number of aromatic nitrogens is 1. The molecule has 1 aliphatic heterocycles. The first-order chi connectivity index (χ1) is 9.83. The van der Waals surface area contributed by atoms with Gasteiger partial charge in [0.15, 0.2) is 0 Å². The molecule has 2 atom stereocenters. The van der Waals surface area contributed by atoms with Crippen LogP contribution in [0.5, 0.6) is 0 Å². The lowest BCUT2D eigenvalue weighted by atomic mass is 9.90. The van der Waals surface area contributed by atoms with Crippen molar-refractivity contribution in [3.8, 4) is 0 Å². The lowest BCUT2D eigenvalue weighted by Gasteiger charge is -2.31. The first kappa shape index (κ1) is 15.5. The lowest BCUT2D eigenvalue weighted by Crippen LogP contribution is -2.42. The van der Waals surface area contributed by atoms with Crippen LogP contribution in [0, 0.1) is 5.92 Å². The van der Waals surface area contributed by atoms with Crippen LogP contribution >= 0.6 is 0 Å². The van der Waals surface area contributed by atoms with E-state index in [1.165, 1.54) is 30.5 Å². The Bertz CT molecular complexity index is 371. The largest absolute Gasteiger partial charge is 0.381 e. The third-order valence-electron chi connectivity index (χ3n) is 4.14. The molecule has 0 aromatic carbocycles. The van der Waals surface area contributed by atoms with Gasteiger partial charge in [-0.1, -0.05) is 19.9 Å². The van der Waals surface area contributed by atoms with E-state index in [-0.39, 0.29) is 0 Å². The van der Waals surface area contributed by atoms with Crippen molar-refractivity contribution < 1.29 is 4.74 Å². The van der Waals surface area contributed by atoms with Crippen molar-refractivity contribution >= 4 is 0 Å². The fourth-order valence-corrected chi connectivity index (χ4v) is 2.83. The Balaban J connectivity index is 1.97. The molecule has 1 saturated heterocycles. The van der Waals surface area contributed by atoms with Crippen LogP contribution in [-0.4, -0.2) is 30.8 Å². The maximum atomic E-state index is 5.66. The van der Waals surface area contributed by atoms with E-state index < -0.39 is 0 Å². The highest BCUT2D eigenvalue weighted by molar-refractivity contribution is 5.15. The molecule has 20 heavy (non-hydrogen) atoms. The minimum absolute atomic E-state index is 0.496. The van der Waals surface area contributed by atoms with E-state index in [9.17, 15) is 0 Å². The number of hydrogen-bond donors (Lipinski definition) is 1. The SMILES string of the molecule is CCCNC(Cc1ccc(CC)cn1)C1CCCOC1. The third-order valence-corrected chi connectivity index (χ3v) is 4.14. The first-order valence-corrected chi connectivity index (χ1v) is 8.08. The van der Waals surface area contributed by atoms with Gasteiger partial charge < -0.3 is 10.1 Å². The van der Waals surface area contributed by atoms with Crippen LogP contribution in [-0.2, 0) is 17.6 Å². The summed E-state index contributed by atoms with van der Waals surface area (Å²) in [5, 5.41) is 3.70. The van der Waals surface area contributed by atoms with Gasteiger partial charge >= 0.3 is 0 Å². The van der Waals surface area contributed by atoms with E-state index in [1.54, 1.807) is 0 Å². The Kier molecular flexibility index (Phi) is 6.48. The zero-order valence-corrected chi connectivity index (χ0v) is 12.9. The van der Waals surface area contributed by atoms with Crippen molar-refractivity contribution in [3.63, 3.8) is 0 Å². The summed E-state index contributed by atoms with van der Waals surface area (Å²) in [6.45, 7) is 7.29. The maximum absolute atomic E-state index is 5.66. The van der Waals surface area contributed by atoms with Gasteiger partial charge in [0.1, 0.15) is 0 Å². The van der Waals surface area contributed by atoms with Crippen molar-refractivity contribution in [2.24, 2.45) is 5.92 Å². The molecule has 0 bridgehead atoms. The Labute approximate surface area is 123 Å². The average molecular weight is 276 g/mol. The van der Waals surface area contributed by atoms with Gasteiger partial charge in [0.05, 0.1) is 6.61 Å². The molecule has 1 aromatic heterocycles. The summed E-state index contributed by atoms with van der Waals surface area (Å²) in [5.41, 5.74) is 2.51. The van der Waals surface area contributed by atoms with E-state index >= 15 is 0 Å². The highest BCUT2D eigenvalue weighted by Gasteiger charge is 2.24. The molecule has 0 aliphatic carbocycles. The average Bonchev–Trinajstić information content (AvgIpc) is 2.53. The summed E-state index contributed by atoms with van der Waals surface area (Å²) in [7, 11) is 0. The third kappa shape index (κ3) is 4.57.